The Morgan fingerprint density at radius 1 is 1.18 bits per heavy atom. The lowest BCUT2D eigenvalue weighted by atomic mass is 10.4. The molecule has 0 atom stereocenters. The summed E-state index contributed by atoms with van der Waals surface area (Å²) >= 11 is 1.37. The molecule has 2 fully saturated rings. The largest absolute Gasteiger partial charge is 0.309 e. The van der Waals surface area contributed by atoms with Crippen LogP contribution < -0.4 is 10.0 Å². The molecule has 0 unspecified atom stereocenters. The quantitative estimate of drug-likeness (QED) is 0.824. The number of hydrogen-bond acceptors (Lipinski definition) is 4. The Hall–Kier alpha value is -0.430. The van der Waals surface area contributed by atoms with Crippen molar-refractivity contribution in [3.05, 3.63) is 17.0 Å². The van der Waals surface area contributed by atoms with Crippen LogP contribution in [0.2, 0.25) is 0 Å². The summed E-state index contributed by atoms with van der Waals surface area (Å²) in [5.41, 5.74) is 0. The van der Waals surface area contributed by atoms with Gasteiger partial charge in [-0.25, -0.2) is 13.1 Å². The van der Waals surface area contributed by atoms with Crippen molar-refractivity contribution in [3.63, 3.8) is 0 Å². The van der Waals surface area contributed by atoms with Gasteiger partial charge in [-0.05, 0) is 37.8 Å². The van der Waals surface area contributed by atoms with Crippen molar-refractivity contribution in [1.82, 2.24) is 10.0 Å². The van der Waals surface area contributed by atoms with Gasteiger partial charge in [-0.3, -0.25) is 0 Å². The maximum absolute atomic E-state index is 11.9. The summed E-state index contributed by atoms with van der Waals surface area (Å²) in [6.45, 7) is 0.786. The first-order valence-electron chi connectivity index (χ1n) is 5.98. The van der Waals surface area contributed by atoms with Crippen LogP contribution >= 0.6 is 11.3 Å². The molecule has 1 heterocycles. The van der Waals surface area contributed by atoms with Gasteiger partial charge in [0.15, 0.2) is 0 Å². The lowest BCUT2D eigenvalue weighted by Gasteiger charge is -2.01. The van der Waals surface area contributed by atoms with Crippen LogP contribution in [0.3, 0.4) is 0 Å². The highest BCUT2D eigenvalue weighted by atomic mass is 32.2. The molecule has 2 aliphatic rings. The maximum Gasteiger partial charge on any atom is 0.250 e. The molecule has 0 aromatic carbocycles. The van der Waals surface area contributed by atoms with E-state index in [1.54, 1.807) is 6.07 Å². The molecule has 2 saturated carbocycles. The molecule has 6 heteroatoms. The van der Waals surface area contributed by atoms with Gasteiger partial charge in [0.25, 0.3) is 0 Å². The molecule has 0 bridgehead atoms. The molecule has 4 nitrogen and oxygen atoms in total. The van der Waals surface area contributed by atoms with Gasteiger partial charge in [0.1, 0.15) is 4.21 Å². The summed E-state index contributed by atoms with van der Waals surface area (Å²) in [5.74, 6) is 0. The van der Waals surface area contributed by atoms with E-state index in [-0.39, 0.29) is 6.04 Å². The molecule has 0 aliphatic heterocycles. The molecule has 0 saturated heterocycles. The van der Waals surface area contributed by atoms with E-state index < -0.39 is 10.0 Å². The van der Waals surface area contributed by atoms with Crippen molar-refractivity contribution in [3.8, 4) is 0 Å². The average molecular weight is 272 g/mol. The Kier molecular flexibility index (Phi) is 2.98. The van der Waals surface area contributed by atoms with Crippen molar-refractivity contribution >= 4 is 21.4 Å². The first-order valence-corrected chi connectivity index (χ1v) is 8.28. The smallest absolute Gasteiger partial charge is 0.250 e. The first kappa shape index (κ1) is 11.6. The van der Waals surface area contributed by atoms with Crippen molar-refractivity contribution < 1.29 is 8.42 Å². The van der Waals surface area contributed by atoms with E-state index >= 15 is 0 Å². The Balaban J connectivity index is 1.65. The fourth-order valence-corrected chi connectivity index (χ4v) is 4.24. The molecule has 17 heavy (non-hydrogen) atoms. The zero-order valence-electron chi connectivity index (χ0n) is 9.48. The highest BCUT2D eigenvalue weighted by Crippen LogP contribution is 2.27. The third-order valence-corrected chi connectivity index (χ3v) is 6.04. The maximum atomic E-state index is 11.9. The topological polar surface area (TPSA) is 58.2 Å². The van der Waals surface area contributed by atoms with Crippen LogP contribution in [0.25, 0.3) is 0 Å². The number of hydrogen-bond donors (Lipinski definition) is 2. The fourth-order valence-electron chi connectivity index (χ4n) is 1.61. The lowest BCUT2D eigenvalue weighted by Crippen LogP contribution is -2.24. The summed E-state index contributed by atoms with van der Waals surface area (Å²) in [4.78, 5) is 1.09. The molecular weight excluding hydrogens is 256 g/mol. The minimum atomic E-state index is -3.26. The molecular formula is C11H16N2O2S2. The Morgan fingerprint density at radius 2 is 1.88 bits per heavy atom. The summed E-state index contributed by atoms with van der Waals surface area (Å²) in [5, 5.41) is 3.39. The van der Waals surface area contributed by atoms with E-state index in [1.165, 1.54) is 24.2 Å². The summed E-state index contributed by atoms with van der Waals surface area (Å²) in [6.07, 6.45) is 4.45. The lowest BCUT2D eigenvalue weighted by molar-refractivity contribution is 0.583. The monoisotopic (exact) mass is 272 g/mol. The SMILES string of the molecule is O=S(=O)(NC1CC1)c1ccc(CNC2CC2)s1. The summed E-state index contributed by atoms with van der Waals surface area (Å²) in [6, 6.07) is 4.44. The Bertz CT molecular complexity index is 501. The zero-order chi connectivity index (χ0) is 11.9. The Morgan fingerprint density at radius 3 is 2.53 bits per heavy atom. The highest BCUT2D eigenvalue weighted by molar-refractivity contribution is 7.91. The second-order valence-corrected chi connectivity index (χ2v) is 7.88. The third kappa shape index (κ3) is 3.07. The van der Waals surface area contributed by atoms with E-state index in [0.29, 0.717) is 10.3 Å². The van der Waals surface area contributed by atoms with Gasteiger partial charge >= 0.3 is 0 Å². The van der Waals surface area contributed by atoms with Crippen LogP contribution in [0.1, 0.15) is 30.6 Å². The van der Waals surface area contributed by atoms with Crippen LogP contribution in [-0.2, 0) is 16.6 Å². The van der Waals surface area contributed by atoms with Gasteiger partial charge in [-0.2, -0.15) is 0 Å². The molecule has 0 radical (unpaired) electrons. The number of sulfonamides is 1. The van der Waals surface area contributed by atoms with Gasteiger partial charge < -0.3 is 5.32 Å². The van der Waals surface area contributed by atoms with E-state index in [9.17, 15) is 8.42 Å². The van der Waals surface area contributed by atoms with Crippen molar-refractivity contribution in [2.75, 3.05) is 0 Å². The van der Waals surface area contributed by atoms with Crippen LogP contribution in [0.15, 0.2) is 16.3 Å². The minimum absolute atomic E-state index is 0.176. The number of rotatable bonds is 6. The number of nitrogens with one attached hydrogen (secondary N) is 2. The van der Waals surface area contributed by atoms with Crippen molar-refractivity contribution in [2.45, 2.75) is 48.5 Å². The van der Waals surface area contributed by atoms with Crippen LogP contribution in [0, 0.1) is 0 Å². The van der Waals surface area contributed by atoms with Gasteiger partial charge in [0, 0.05) is 23.5 Å². The molecule has 3 rings (SSSR count). The third-order valence-electron chi connectivity index (χ3n) is 2.94. The molecule has 1 aromatic rings. The number of thiophene rings is 1. The first-order chi connectivity index (χ1) is 8.13. The van der Waals surface area contributed by atoms with E-state index in [1.807, 2.05) is 6.07 Å². The summed E-state index contributed by atoms with van der Waals surface area (Å²) < 4.78 is 27.0. The molecule has 0 spiro atoms. The van der Waals surface area contributed by atoms with Crippen LogP contribution in [0.4, 0.5) is 0 Å². The van der Waals surface area contributed by atoms with Gasteiger partial charge in [-0.15, -0.1) is 11.3 Å². The molecule has 0 amide bonds. The molecule has 2 aliphatic carbocycles. The van der Waals surface area contributed by atoms with E-state index in [4.69, 9.17) is 0 Å². The highest BCUT2D eigenvalue weighted by Gasteiger charge is 2.29. The van der Waals surface area contributed by atoms with E-state index in [2.05, 4.69) is 10.0 Å². The normalized spacial score (nSPS) is 20.7. The Labute approximate surface area is 105 Å². The van der Waals surface area contributed by atoms with Crippen LogP contribution in [0.5, 0.6) is 0 Å². The predicted octanol–water partition coefficient (Wildman–Crippen LogP) is 1.44. The zero-order valence-corrected chi connectivity index (χ0v) is 11.1. The standard InChI is InChI=1S/C11H16N2O2S2/c14-17(15,13-9-3-4-9)11-6-5-10(16-11)7-12-8-1-2-8/h5-6,8-9,12-13H,1-4,7H2. The van der Waals surface area contributed by atoms with Crippen LogP contribution in [-0.4, -0.2) is 20.5 Å². The average Bonchev–Trinajstić information content (AvgIpc) is 3.18. The predicted molar refractivity (Wildman–Crippen MR) is 67.5 cm³/mol. The molecule has 1 aromatic heterocycles. The molecule has 2 N–H and O–H groups in total. The van der Waals surface area contributed by atoms with Gasteiger partial charge in [0.05, 0.1) is 0 Å². The summed E-state index contributed by atoms with van der Waals surface area (Å²) in [7, 11) is -3.26. The van der Waals surface area contributed by atoms with Crippen molar-refractivity contribution in [2.24, 2.45) is 0 Å². The second-order valence-electron chi connectivity index (χ2n) is 4.77. The van der Waals surface area contributed by atoms with Gasteiger partial charge in [0.2, 0.25) is 10.0 Å². The van der Waals surface area contributed by atoms with E-state index in [0.717, 1.165) is 24.3 Å². The van der Waals surface area contributed by atoms with Gasteiger partial charge in [-0.1, -0.05) is 0 Å². The molecule has 94 valence electrons. The minimum Gasteiger partial charge on any atom is -0.309 e. The van der Waals surface area contributed by atoms with Crippen molar-refractivity contribution in [1.29, 1.82) is 0 Å². The fraction of sp³-hybridized carbons (Fsp3) is 0.636. The second kappa shape index (κ2) is 4.35.